The van der Waals surface area contributed by atoms with Crippen molar-refractivity contribution < 1.29 is 19.0 Å². The number of halogens is 2. The number of rotatable bonds is 8. The third-order valence-electron chi connectivity index (χ3n) is 5.50. The van der Waals surface area contributed by atoms with Gasteiger partial charge in [0, 0.05) is 37.3 Å². The van der Waals surface area contributed by atoms with Gasteiger partial charge in [-0.2, -0.15) is 0 Å². The van der Waals surface area contributed by atoms with Crippen LogP contribution >= 0.6 is 35.3 Å². The summed E-state index contributed by atoms with van der Waals surface area (Å²) in [6.07, 6.45) is 0. The molecule has 184 valence electrons. The summed E-state index contributed by atoms with van der Waals surface area (Å²) < 4.78 is 17.9. The number of amides is 1. The van der Waals surface area contributed by atoms with E-state index in [2.05, 4.69) is 4.90 Å². The second-order valence-electron chi connectivity index (χ2n) is 8.31. The lowest BCUT2D eigenvalue weighted by Gasteiger charge is -2.33. The summed E-state index contributed by atoms with van der Waals surface area (Å²) in [4.78, 5) is 22.6. The first kappa shape index (κ1) is 26.5. The second kappa shape index (κ2) is 11.6. The third-order valence-corrected chi connectivity index (χ3v) is 6.82. The van der Waals surface area contributed by atoms with Crippen molar-refractivity contribution in [1.82, 2.24) is 9.88 Å². The van der Waals surface area contributed by atoms with Crippen LogP contribution in [0.3, 0.4) is 0 Å². The van der Waals surface area contributed by atoms with Crippen LogP contribution in [0.25, 0.3) is 10.2 Å². The van der Waals surface area contributed by atoms with E-state index in [1.54, 1.807) is 50.1 Å². The van der Waals surface area contributed by atoms with Crippen molar-refractivity contribution in [2.24, 2.45) is 0 Å². The Hall–Kier alpha value is -2.10. The van der Waals surface area contributed by atoms with Crippen LogP contribution in [0.4, 0.5) is 5.13 Å². The monoisotopic (exact) mass is 525 g/mol. The molecule has 1 fully saturated rings. The summed E-state index contributed by atoms with van der Waals surface area (Å²) in [5.41, 5.74) is -0.302. The Balaban J connectivity index is 0.00000324. The summed E-state index contributed by atoms with van der Waals surface area (Å²) in [6.45, 7) is 7.91. The first-order chi connectivity index (χ1) is 15.9. The maximum Gasteiger partial charge on any atom is 0.272 e. The summed E-state index contributed by atoms with van der Waals surface area (Å²) in [6, 6.07) is 12.8. The molecular weight excluding hydrogens is 497 g/mol. The topological polar surface area (TPSA) is 64.1 Å². The number of hydrogen-bond donors (Lipinski definition) is 0. The maximum absolute atomic E-state index is 13.8. The number of anilines is 1. The maximum atomic E-state index is 13.8. The molecule has 4 rings (SSSR count). The number of morpholine rings is 1. The number of hydrogen-bond acceptors (Lipinski definition) is 7. The minimum Gasteiger partial charge on any atom is -0.497 e. The molecule has 0 radical (unpaired) electrons. The highest BCUT2D eigenvalue weighted by Gasteiger charge is 2.36. The van der Waals surface area contributed by atoms with Gasteiger partial charge in [0.05, 0.1) is 30.5 Å². The molecule has 0 unspecified atom stereocenters. The molecule has 10 heteroatoms. The predicted octanol–water partition coefficient (Wildman–Crippen LogP) is 4.90. The average molecular weight is 526 g/mol. The van der Waals surface area contributed by atoms with Crippen molar-refractivity contribution in [2.45, 2.75) is 19.4 Å². The standard InChI is InChI=1S/C24H28ClN3O4S.ClH/c1-24(2,32-18-6-4-17(25)5-7-18)22(29)28(11-10-27-12-14-31-15-13-27)23-26-20-16-19(30-3)8-9-21(20)33-23;/h4-9,16H,10-15H2,1-3H3;1H. The Morgan fingerprint density at radius 2 is 1.85 bits per heavy atom. The molecule has 0 spiro atoms. The number of ether oxygens (including phenoxy) is 3. The van der Waals surface area contributed by atoms with Gasteiger partial charge in [-0.05, 0) is 50.2 Å². The van der Waals surface area contributed by atoms with E-state index in [1.807, 2.05) is 18.2 Å². The predicted molar refractivity (Wildman–Crippen MR) is 139 cm³/mol. The molecule has 1 aliphatic rings. The number of aromatic nitrogens is 1. The summed E-state index contributed by atoms with van der Waals surface area (Å²) >= 11 is 7.48. The van der Waals surface area contributed by atoms with Crippen molar-refractivity contribution in [3.63, 3.8) is 0 Å². The van der Waals surface area contributed by atoms with E-state index >= 15 is 0 Å². The molecule has 0 N–H and O–H groups in total. The number of carbonyl (C=O) groups is 1. The van der Waals surface area contributed by atoms with Gasteiger partial charge in [0.2, 0.25) is 0 Å². The lowest BCUT2D eigenvalue weighted by Crippen LogP contribution is -2.51. The number of fused-ring (bicyclic) bond motifs is 1. The molecule has 2 heterocycles. The molecule has 1 aromatic heterocycles. The second-order valence-corrected chi connectivity index (χ2v) is 9.75. The molecule has 1 aliphatic heterocycles. The van der Waals surface area contributed by atoms with E-state index < -0.39 is 5.60 Å². The van der Waals surface area contributed by atoms with Crippen LogP contribution in [0.5, 0.6) is 11.5 Å². The van der Waals surface area contributed by atoms with Gasteiger partial charge in [0.15, 0.2) is 10.7 Å². The third kappa shape index (κ3) is 6.31. The molecule has 0 atom stereocenters. The van der Waals surface area contributed by atoms with Crippen LogP contribution in [0, 0.1) is 0 Å². The Labute approximate surface area is 215 Å². The van der Waals surface area contributed by atoms with Crippen molar-refractivity contribution >= 4 is 56.6 Å². The minimum absolute atomic E-state index is 0. The van der Waals surface area contributed by atoms with Gasteiger partial charge < -0.3 is 14.2 Å². The Morgan fingerprint density at radius 1 is 1.18 bits per heavy atom. The SMILES string of the molecule is COc1ccc2sc(N(CCN3CCOCC3)C(=O)C(C)(C)Oc3ccc(Cl)cc3)nc2c1.Cl. The summed E-state index contributed by atoms with van der Waals surface area (Å²) in [5.74, 6) is 1.16. The Kier molecular flexibility index (Phi) is 9.01. The summed E-state index contributed by atoms with van der Waals surface area (Å²) in [7, 11) is 1.63. The van der Waals surface area contributed by atoms with Crippen LogP contribution in [0.2, 0.25) is 5.02 Å². The van der Waals surface area contributed by atoms with Crippen molar-refractivity contribution in [2.75, 3.05) is 51.4 Å². The minimum atomic E-state index is -1.10. The fourth-order valence-corrected chi connectivity index (χ4v) is 4.75. The van der Waals surface area contributed by atoms with E-state index in [9.17, 15) is 4.79 Å². The Bertz CT molecular complexity index is 1100. The van der Waals surface area contributed by atoms with Gasteiger partial charge in [-0.15, -0.1) is 12.4 Å². The molecular formula is C24H29Cl2N3O4S. The first-order valence-corrected chi connectivity index (χ1v) is 12.1. The quantitative estimate of drug-likeness (QED) is 0.416. The number of carbonyl (C=O) groups excluding carboxylic acids is 1. The lowest BCUT2D eigenvalue weighted by molar-refractivity contribution is -0.131. The van der Waals surface area contributed by atoms with Crippen molar-refractivity contribution in [1.29, 1.82) is 0 Å². The zero-order valence-corrected chi connectivity index (χ0v) is 21.8. The van der Waals surface area contributed by atoms with Gasteiger partial charge >= 0.3 is 0 Å². The van der Waals surface area contributed by atoms with Crippen LogP contribution in [0.15, 0.2) is 42.5 Å². The zero-order chi connectivity index (χ0) is 23.4. The highest BCUT2D eigenvalue weighted by molar-refractivity contribution is 7.22. The van der Waals surface area contributed by atoms with E-state index in [4.69, 9.17) is 30.8 Å². The van der Waals surface area contributed by atoms with Crippen LogP contribution in [0.1, 0.15) is 13.8 Å². The Morgan fingerprint density at radius 3 is 2.53 bits per heavy atom. The van der Waals surface area contributed by atoms with Crippen molar-refractivity contribution in [3.8, 4) is 11.5 Å². The molecule has 0 aliphatic carbocycles. The highest BCUT2D eigenvalue weighted by Crippen LogP contribution is 2.33. The fourth-order valence-electron chi connectivity index (χ4n) is 3.65. The number of benzene rings is 2. The van der Waals surface area contributed by atoms with E-state index in [0.29, 0.717) is 35.7 Å². The molecule has 34 heavy (non-hydrogen) atoms. The molecule has 7 nitrogen and oxygen atoms in total. The molecule has 0 saturated carbocycles. The zero-order valence-electron chi connectivity index (χ0n) is 19.5. The largest absolute Gasteiger partial charge is 0.497 e. The van der Waals surface area contributed by atoms with Gasteiger partial charge in [0.25, 0.3) is 5.91 Å². The van der Waals surface area contributed by atoms with Gasteiger partial charge in [-0.3, -0.25) is 14.6 Å². The van der Waals surface area contributed by atoms with E-state index in [0.717, 1.165) is 35.6 Å². The molecule has 0 bridgehead atoms. The lowest BCUT2D eigenvalue weighted by atomic mass is 10.1. The van der Waals surface area contributed by atoms with E-state index in [1.165, 1.54) is 11.3 Å². The number of thiazole rings is 1. The number of methoxy groups -OCH3 is 1. The summed E-state index contributed by atoms with van der Waals surface area (Å²) in [5, 5.41) is 1.26. The van der Waals surface area contributed by atoms with Gasteiger partial charge in [-0.1, -0.05) is 22.9 Å². The average Bonchev–Trinajstić information content (AvgIpc) is 3.24. The fraction of sp³-hybridized carbons (Fsp3) is 0.417. The van der Waals surface area contributed by atoms with Crippen LogP contribution < -0.4 is 14.4 Å². The first-order valence-electron chi connectivity index (χ1n) is 10.9. The van der Waals surface area contributed by atoms with E-state index in [-0.39, 0.29) is 18.3 Å². The highest BCUT2D eigenvalue weighted by atomic mass is 35.5. The molecule has 3 aromatic rings. The molecule has 1 saturated heterocycles. The van der Waals surface area contributed by atoms with Crippen molar-refractivity contribution in [3.05, 3.63) is 47.5 Å². The normalized spacial score (nSPS) is 14.5. The van der Waals surface area contributed by atoms with Crippen LogP contribution in [-0.4, -0.2) is 67.9 Å². The molecule has 2 aromatic carbocycles. The smallest absolute Gasteiger partial charge is 0.272 e. The van der Waals surface area contributed by atoms with Crippen LogP contribution in [-0.2, 0) is 9.53 Å². The van der Waals surface area contributed by atoms with Gasteiger partial charge in [-0.25, -0.2) is 4.98 Å². The number of nitrogens with zero attached hydrogens (tertiary/aromatic N) is 3. The van der Waals surface area contributed by atoms with Gasteiger partial charge in [0.1, 0.15) is 11.5 Å². The molecule has 1 amide bonds.